The van der Waals surface area contributed by atoms with Crippen LogP contribution in [0.2, 0.25) is 0 Å². The van der Waals surface area contributed by atoms with Crippen molar-refractivity contribution in [3.05, 3.63) is 23.8 Å². The molecule has 0 unspecified atom stereocenters. The standard InChI is InChI=1S/C18H25N3O2S/c1-5-12-8-9-13-14(11-12)24-17(20-13)21-15(22)7-6-10-19-16(23)18(2,3)4/h8-9,11H,5-7,10H2,1-4H3,(H,19,23)(H,20,21,22). The maximum atomic E-state index is 12.0. The van der Waals surface area contributed by atoms with Crippen molar-refractivity contribution in [2.24, 2.45) is 5.41 Å². The van der Waals surface area contributed by atoms with Gasteiger partial charge in [0.25, 0.3) is 0 Å². The van der Waals surface area contributed by atoms with Gasteiger partial charge in [-0.05, 0) is 30.5 Å². The van der Waals surface area contributed by atoms with Crippen LogP contribution in [-0.4, -0.2) is 23.3 Å². The summed E-state index contributed by atoms with van der Waals surface area (Å²) >= 11 is 1.49. The van der Waals surface area contributed by atoms with Gasteiger partial charge in [0.1, 0.15) is 0 Å². The highest BCUT2D eigenvalue weighted by molar-refractivity contribution is 7.22. The minimum Gasteiger partial charge on any atom is -0.356 e. The summed E-state index contributed by atoms with van der Waals surface area (Å²) in [6, 6.07) is 6.17. The number of amides is 2. The van der Waals surface area contributed by atoms with E-state index < -0.39 is 5.41 Å². The van der Waals surface area contributed by atoms with E-state index in [1.807, 2.05) is 26.8 Å². The number of aromatic nitrogens is 1. The Bertz CT molecular complexity index is 731. The fourth-order valence-corrected chi connectivity index (χ4v) is 3.09. The minimum absolute atomic E-state index is 0.000750. The lowest BCUT2D eigenvalue weighted by atomic mass is 9.96. The first-order chi connectivity index (χ1) is 11.3. The second-order valence-electron chi connectivity index (χ2n) is 6.83. The zero-order chi connectivity index (χ0) is 17.7. The second-order valence-corrected chi connectivity index (χ2v) is 7.86. The fraction of sp³-hybridized carbons (Fsp3) is 0.500. The summed E-state index contributed by atoms with van der Waals surface area (Å²) in [6.07, 6.45) is 1.95. The van der Waals surface area contributed by atoms with E-state index in [4.69, 9.17) is 0 Å². The summed E-state index contributed by atoms with van der Waals surface area (Å²) in [5, 5.41) is 6.31. The Kier molecular flexibility index (Phi) is 5.94. The molecule has 0 atom stereocenters. The van der Waals surface area contributed by atoms with E-state index in [0.29, 0.717) is 24.5 Å². The molecule has 2 aromatic rings. The monoisotopic (exact) mass is 347 g/mol. The van der Waals surface area contributed by atoms with Crippen molar-refractivity contribution in [3.8, 4) is 0 Å². The molecule has 0 fully saturated rings. The van der Waals surface area contributed by atoms with Crippen molar-refractivity contribution in [2.75, 3.05) is 11.9 Å². The van der Waals surface area contributed by atoms with Crippen LogP contribution in [0.3, 0.4) is 0 Å². The molecular formula is C18H25N3O2S. The molecule has 0 aliphatic rings. The van der Waals surface area contributed by atoms with Gasteiger partial charge >= 0.3 is 0 Å². The van der Waals surface area contributed by atoms with Crippen molar-refractivity contribution >= 4 is 38.5 Å². The lowest BCUT2D eigenvalue weighted by molar-refractivity contribution is -0.128. The Morgan fingerprint density at radius 1 is 1.25 bits per heavy atom. The van der Waals surface area contributed by atoms with Gasteiger partial charge in [0.2, 0.25) is 11.8 Å². The molecule has 5 nitrogen and oxygen atoms in total. The number of thiazole rings is 1. The Balaban J connectivity index is 1.81. The number of nitrogens with zero attached hydrogens (tertiary/aromatic N) is 1. The molecule has 1 aromatic carbocycles. The van der Waals surface area contributed by atoms with Gasteiger partial charge in [-0.2, -0.15) is 0 Å². The molecule has 24 heavy (non-hydrogen) atoms. The second kappa shape index (κ2) is 7.75. The lowest BCUT2D eigenvalue weighted by Crippen LogP contribution is -2.35. The Hall–Kier alpha value is -1.95. The van der Waals surface area contributed by atoms with Crippen LogP contribution in [0.15, 0.2) is 18.2 Å². The van der Waals surface area contributed by atoms with Gasteiger partial charge < -0.3 is 10.6 Å². The van der Waals surface area contributed by atoms with Gasteiger partial charge in [-0.15, -0.1) is 0 Å². The average molecular weight is 347 g/mol. The summed E-state index contributed by atoms with van der Waals surface area (Å²) in [5.41, 5.74) is 1.77. The normalized spacial score (nSPS) is 11.5. The van der Waals surface area contributed by atoms with Gasteiger partial charge in [-0.3, -0.25) is 9.59 Å². The SMILES string of the molecule is CCc1ccc2nc(NC(=O)CCCNC(=O)C(C)(C)C)sc2c1. The Labute approximate surface area is 146 Å². The largest absolute Gasteiger partial charge is 0.356 e. The highest BCUT2D eigenvalue weighted by Gasteiger charge is 2.20. The maximum absolute atomic E-state index is 12.0. The van der Waals surface area contributed by atoms with E-state index in [2.05, 4.69) is 34.7 Å². The number of rotatable bonds is 6. The molecule has 0 aliphatic carbocycles. The number of carbonyl (C=O) groups is 2. The van der Waals surface area contributed by atoms with Crippen LogP contribution in [0.4, 0.5) is 5.13 Å². The molecule has 0 saturated carbocycles. The van der Waals surface area contributed by atoms with E-state index >= 15 is 0 Å². The predicted octanol–water partition coefficient (Wildman–Crippen LogP) is 3.74. The van der Waals surface area contributed by atoms with Gasteiger partial charge in [-0.25, -0.2) is 4.98 Å². The van der Waals surface area contributed by atoms with Crippen LogP contribution in [0, 0.1) is 5.41 Å². The number of nitrogens with one attached hydrogen (secondary N) is 2. The summed E-state index contributed by atoms with van der Waals surface area (Å²) < 4.78 is 1.09. The number of aryl methyl sites for hydroxylation is 1. The zero-order valence-corrected chi connectivity index (χ0v) is 15.5. The van der Waals surface area contributed by atoms with E-state index in [-0.39, 0.29) is 11.8 Å². The molecule has 1 aromatic heterocycles. The zero-order valence-electron chi connectivity index (χ0n) is 14.7. The molecule has 2 amide bonds. The van der Waals surface area contributed by atoms with Crippen molar-refractivity contribution in [3.63, 3.8) is 0 Å². The van der Waals surface area contributed by atoms with E-state index in [0.717, 1.165) is 16.6 Å². The molecule has 0 aliphatic heterocycles. The molecule has 6 heteroatoms. The third kappa shape index (κ3) is 5.03. The summed E-state index contributed by atoms with van der Waals surface area (Å²) in [5.74, 6) is -0.0735. The van der Waals surface area contributed by atoms with E-state index in [9.17, 15) is 9.59 Å². The highest BCUT2D eigenvalue weighted by atomic mass is 32.1. The smallest absolute Gasteiger partial charge is 0.226 e. The van der Waals surface area contributed by atoms with Crippen LogP contribution in [0.5, 0.6) is 0 Å². The minimum atomic E-state index is -0.402. The van der Waals surface area contributed by atoms with Crippen LogP contribution in [-0.2, 0) is 16.0 Å². The molecule has 0 saturated heterocycles. The topological polar surface area (TPSA) is 71.1 Å². The lowest BCUT2D eigenvalue weighted by Gasteiger charge is -2.17. The number of carbonyl (C=O) groups excluding carboxylic acids is 2. The van der Waals surface area contributed by atoms with Crippen LogP contribution in [0.25, 0.3) is 10.2 Å². The molecule has 1 heterocycles. The summed E-state index contributed by atoms with van der Waals surface area (Å²) in [7, 11) is 0. The highest BCUT2D eigenvalue weighted by Crippen LogP contribution is 2.27. The molecular weight excluding hydrogens is 322 g/mol. The van der Waals surface area contributed by atoms with Crippen LogP contribution in [0.1, 0.15) is 46.1 Å². The first kappa shape index (κ1) is 18.4. The van der Waals surface area contributed by atoms with Crippen LogP contribution >= 0.6 is 11.3 Å². The number of anilines is 1. The first-order valence-electron chi connectivity index (χ1n) is 8.27. The average Bonchev–Trinajstić information content (AvgIpc) is 2.91. The maximum Gasteiger partial charge on any atom is 0.226 e. The molecule has 0 radical (unpaired) electrons. The number of hydrogen-bond acceptors (Lipinski definition) is 4. The Morgan fingerprint density at radius 2 is 2.00 bits per heavy atom. The number of hydrogen-bond donors (Lipinski definition) is 2. The fourth-order valence-electron chi connectivity index (χ4n) is 2.14. The first-order valence-corrected chi connectivity index (χ1v) is 9.09. The Morgan fingerprint density at radius 3 is 2.67 bits per heavy atom. The summed E-state index contributed by atoms with van der Waals surface area (Å²) in [4.78, 5) is 28.2. The molecule has 0 bridgehead atoms. The van der Waals surface area contributed by atoms with Gasteiger partial charge in [0.15, 0.2) is 5.13 Å². The third-order valence-electron chi connectivity index (χ3n) is 3.65. The molecule has 0 spiro atoms. The van der Waals surface area contributed by atoms with Crippen molar-refractivity contribution in [1.29, 1.82) is 0 Å². The molecule has 130 valence electrons. The van der Waals surface area contributed by atoms with Crippen molar-refractivity contribution in [1.82, 2.24) is 10.3 Å². The molecule has 2 N–H and O–H groups in total. The quantitative estimate of drug-likeness (QED) is 0.782. The van der Waals surface area contributed by atoms with E-state index in [1.165, 1.54) is 16.9 Å². The summed E-state index contributed by atoms with van der Waals surface area (Å²) in [6.45, 7) is 8.22. The van der Waals surface area contributed by atoms with Gasteiger partial charge in [-0.1, -0.05) is 45.1 Å². The van der Waals surface area contributed by atoms with Crippen molar-refractivity contribution in [2.45, 2.75) is 47.0 Å². The predicted molar refractivity (Wildman–Crippen MR) is 99.3 cm³/mol. The van der Waals surface area contributed by atoms with Crippen LogP contribution < -0.4 is 10.6 Å². The number of benzene rings is 1. The van der Waals surface area contributed by atoms with E-state index in [1.54, 1.807) is 0 Å². The third-order valence-corrected chi connectivity index (χ3v) is 4.59. The van der Waals surface area contributed by atoms with Crippen molar-refractivity contribution < 1.29 is 9.59 Å². The number of fused-ring (bicyclic) bond motifs is 1. The molecule has 2 rings (SSSR count). The van der Waals surface area contributed by atoms with Gasteiger partial charge in [0.05, 0.1) is 10.2 Å². The van der Waals surface area contributed by atoms with Gasteiger partial charge in [0, 0.05) is 18.4 Å².